The van der Waals surface area contributed by atoms with Crippen molar-refractivity contribution in [2.75, 3.05) is 18.0 Å². The fourth-order valence-electron chi connectivity index (χ4n) is 2.95. The van der Waals surface area contributed by atoms with Gasteiger partial charge in [-0.3, -0.25) is 4.79 Å². The number of nitrogens with zero attached hydrogens (tertiary/aromatic N) is 4. The van der Waals surface area contributed by atoms with Crippen molar-refractivity contribution in [3.63, 3.8) is 0 Å². The first-order valence-corrected chi connectivity index (χ1v) is 6.54. The van der Waals surface area contributed by atoms with Gasteiger partial charge >= 0.3 is 0 Å². The second kappa shape index (κ2) is 4.84. The van der Waals surface area contributed by atoms with Gasteiger partial charge in [-0.2, -0.15) is 10.4 Å². The molecule has 2 atom stereocenters. The molecule has 2 saturated heterocycles. The zero-order valence-electron chi connectivity index (χ0n) is 10.5. The summed E-state index contributed by atoms with van der Waals surface area (Å²) in [4.78, 5) is 13.5. The van der Waals surface area contributed by atoms with Crippen LogP contribution in [0.25, 0.3) is 0 Å². The van der Waals surface area contributed by atoms with Crippen molar-refractivity contribution in [1.82, 2.24) is 15.5 Å². The third-order valence-electron chi connectivity index (χ3n) is 3.94. The highest BCUT2D eigenvalue weighted by Crippen LogP contribution is 2.28. The fraction of sp³-hybridized carbons (Fsp3) is 0.538. The predicted molar refractivity (Wildman–Crippen MR) is 68.2 cm³/mol. The highest BCUT2D eigenvalue weighted by atomic mass is 16.1. The Hall–Kier alpha value is -2.16. The van der Waals surface area contributed by atoms with E-state index in [0.717, 1.165) is 25.9 Å². The molecule has 0 spiro atoms. The van der Waals surface area contributed by atoms with Crippen LogP contribution in [0.3, 0.4) is 0 Å². The number of hydrogen-bond acceptors (Lipinski definition) is 5. The number of carbonyl (C=O) groups is 1. The first kappa shape index (κ1) is 11.9. The van der Waals surface area contributed by atoms with Gasteiger partial charge in [0.25, 0.3) is 0 Å². The lowest BCUT2D eigenvalue weighted by Crippen LogP contribution is -2.54. The number of amides is 1. The Morgan fingerprint density at radius 3 is 3.21 bits per heavy atom. The summed E-state index contributed by atoms with van der Waals surface area (Å²) < 4.78 is 0. The number of nitrogens with one attached hydrogen (secondary N) is 1. The standard InChI is InChI=1S/C13H15N5O/c14-7-9-3-5-15-17-13(9)18-6-4-11-10(8-18)1-2-12(19)16-11/h3,5,10-11H,1-2,4,6,8H2,(H,16,19). The Balaban J connectivity index is 1.78. The monoisotopic (exact) mass is 257 g/mol. The molecule has 2 unspecified atom stereocenters. The van der Waals surface area contributed by atoms with Crippen molar-refractivity contribution >= 4 is 11.7 Å². The average molecular weight is 257 g/mol. The van der Waals surface area contributed by atoms with Gasteiger partial charge in [0.05, 0.1) is 11.8 Å². The Morgan fingerprint density at radius 1 is 1.47 bits per heavy atom. The van der Waals surface area contributed by atoms with Gasteiger partial charge in [0.1, 0.15) is 6.07 Å². The van der Waals surface area contributed by atoms with Gasteiger partial charge < -0.3 is 10.2 Å². The molecular weight excluding hydrogens is 242 g/mol. The van der Waals surface area contributed by atoms with Crippen molar-refractivity contribution < 1.29 is 4.79 Å². The van der Waals surface area contributed by atoms with Gasteiger partial charge in [-0.1, -0.05) is 0 Å². The van der Waals surface area contributed by atoms with Crippen LogP contribution in [0, 0.1) is 17.2 Å². The van der Waals surface area contributed by atoms with Crippen LogP contribution >= 0.6 is 0 Å². The van der Waals surface area contributed by atoms with E-state index in [1.54, 1.807) is 6.07 Å². The van der Waals surface area contributed by atoms with E-state index in [9.17, 15) is 4.79 Å². The minimum Gasteiger partial charge on any atom is -0.354 e. The summed E-state index contributed by atoms with van der Waals surface area (Å²) in [5, 5.41) is 20.1. The maximum absolute atomic E-state index is 11.4. The van der Waals surface area contributed by atoms with E-state index in [1.807, 2.05) is 0 Å². The van der Waals surface area contributed by atoms with Crippen LogP contribution < -0.4 is 10.2 Å². The molecule has 2 aliphatic heterocycles. The van der Waals surface area contributed by atoms with Gasteiger partial charge in [-0.05, 0) is 24.8 Å². The van der Waals surface area contributed by atoms with Gasteiger partial charge in [0.2, 0.25) is 5.91 Å². The van der Waals surface area contributed by atoms with E-state index in [1.165, 1.54) is 6.20 Å². The van der Waals surface area contributed by atoms with Crippen molar-refractivity contribution in [3.05, 3.63) is 17.8 Å². The molecule has 1 aromatic heterocycles. The van der Waals surface area contributed by atoms with E-state index >= 15 is 0 Å². The summed E-state index contributed by atoms with van der Waals surface area (Å²) >= 11 is 0. The average Bonchev–Trinajstić information content (AvgIpc) is 2.46. The molecule has 0 bridgehead atoms. The lowest BCUT2D eigenvalue weighted by Gasteiger charge is -2.41. The molecular formula is C13H15N5O. The zero-order chi connectivity index (χ0) is 13.2. The van der Waals surface area contributed by atoms with Gasteiger partial charge in [-0.15, -0.1) is 5.10 Å². The molecule has 1 aromatic rings. The Labute approximate surface area is 111 Å². The summed E-state index contributed by atoms with van der Waals surface area (Å²) in [5.74, 6) is 1.27. The van der Waals surface area contributed by atoms with Crippen LogP contribution in [0.4, 0.5) is 5.82 Å². The topological polar surface area (TPSA) is 81.9 Å². The van der Waals surface area contributed by atoms with E-state index in [0.29, 0.717) is 23.7 Å². The SMILES string of the molecule is N#Cc1ccnnc1N1CCC2NC(=O)CCC2C1. The van der Waals surface area contributed by atoms with Crippen molar-refractivity contribution in [2.45, 2.75) is 25.3 Å². The quantitative estimate of drug-likeness (QED) is 0.790. The molecule has 6 nitrogen and oxygen atoms in total. The molecule has 3 rings (SSSR count). The van der Waals surface area contributed by atoms with Crippen LogP contribution in [0.5, 0.6) is 0 Å². The molecule has 6 heteroatoms. The van der Waals surface area contributed by atoms with Crippen LogP contribution in [-0.2, 0) is 4.79 Å². The normalized spacial score (nSPS) is 26.3. The highest BCUT2D eigenvalue weighted by Gasteiger charge is 2.34. The van der Waals surface area contributed by atoms with Crippen molar-refractivity contribution in [3.8, 4) is 6.07 Å². The molecule has 2 aliphatic rings. The number of aromatic nitrogens is 2. The number of fused-ring (bicyclic) bond motifs is 1. The minimum absolute atomic E-state index is 0.159. The molecule has 1 N–H and O–H groups in total. The number of piperidine rings is 2. The summed E-state index contributed by atoms with van der Waals surface area (Å²) in [7, 11) is 0. The summed E-state index contributed by atoms with van der Waals surface area (Å²) in [6.45, 7) is 1.63. The number of carbonyl (C=O) groups excluding carboxylic acids is 1. The van der Waals surface area contributed by atoms with Crippen LogP contribution in [0.2, 0.25) is 0 Å². The maximum atomic E-state index is 11.4. The molecule has 0 saturated carbocycles. The lowest BCUT2D eigenvalue weighted by atomic mass is 9.85. The number of hydrogen-bond donors (Lipinski definition) is 1. The maximum Gasteiger partial charge on any atom is 0.220 e. The number of nitriles is 1. The third-order valence-corrected chi connectivity index (χ3v) is 3.94. The lowest BCUT2D eigenvalue weighted by molar-refractivity contribution is -0.124. The van der Waals surface area contributed by atoms with E-state index in [2.05, 4.69) is 26.5 Å². The first-order chi connectivity index (χ1) is 9.28. The number of rotatable bonds is 1. The Bertz CT molecular complexity index is 538. The minimum atomic E-state index is 0.159. The third kappa shape index (κ3) is 2.24. The summed E-state index contributed by atoms with van der Waals surface area (Å²) in [6.07, 6.45) is 3.95. The molecule has 0 aliphatic carbocycles. The fourth-order valence-corrected chi connectivity index (χ4v) is 2.95. The van der Waals surface area contributed by atoms with E-state index in [-0.39, 0.29) is 11.9 Å². The molecule has 3 heterocycles. The predicted octanol–water partition coefficient (Wildman–Crippen LogP) is 0.453. The van der Waals surface area contributed by atoms with Gasteiger partial charge in [0.15, 0.2) is 5.82 Å². The van der Waals surface area contributed by atoms with Crippen molar-refractivity contribution in [2.24, 2.45) is 5.92 Å². The van der Waals surface area contributed by atoms with Crippen molar-refractivity contribution in [1.29, 1.82) is 5.26 Å². The largest absolute Gasteiger partial charge is 0.354 e. The van der Waals surface area contributed by atoms with Gasteiger partial charge in [-0.25, -0.2) is 0 Å². The Morgan fingerprint density at radius 2 is 2.37 bits per heavy atom. The molecule has 19 heavy (non-hydrogen) atoms. The molecule has 98 valence electrons. The first-order valence-electron chi connectivity index (χ1n) is 6.54. The molecule has 2 fully saturated rings. The zero-order valence-corrected chi connectivity index (χ0v) is 10.5. The number of anilines is 1. The molecule has 0 aromatic carbocycles. The summed E-state index contributed by atoms with van der Waals surface area (Å²) in [5.41, 5.74) is 0.563. The second-order valence-electron chi connectivity index (χ2n) is 5.09. The second-order valence-corrected chi connectivity index (χ2v) is 5.09. The van der Waals surface area contributed by atoms with Crippen LogP contribution in [-0.4, -0.2) is 35.2 Å². The van der Waals surface area contributed by atoms with E-state index in [4.69, 9.17) is 5.26 Å². The molecule has 1 amide bonds. The Kier molecular flexibility index (Phi) is 3.03. The summed E-state index contributed by atoms with van der Waals surface area (Å²) in [6, 6.07) is 4.13. The molecule has 0 radical (unpaired) electrons. The van der Waals surface area contributed by atoms with Crippen LogP contribution in [0.15, 0.2) is 12.3 Å². The van der Waals surface area contributed by atoms with E-state index < -0.39 is 0 Å². The van der Waals surface area contributed by atoms with Crippen LogP contribution in [0.1, 0.15) is 24.8 Å². The smallest absolute Gasteiger partial charge is 0.220 e. The highest BCUT2D eigenvalue weighted by molar-refractivity contribution is 5.77. The van der Waals surface area contributed by atoms with Gasteiger partial charge in [0, 0.05) is 25.6 Å².